The van der Waals surface area contributed by atoms with Crippen molar-refractivity contribution in [2.24, 2.45) is 0 Å². The van der Waals surface area contributed by atoms with E-state index in [0.29, 0.717) is 16.9 Å². The number of hydrogen-bond donors (Lipinski definition) is 1. The maximum atomic E-state index is 11.9. The molecule has 2 aromatic carbocycles. The zero-order valence-electron chi connectivity index (χ0n) is 12.0. The minimum Gasteiger partial charge on any atom is -0.423 e. The lowest BCUT2D eigenvalue weighted by Crippen LogP contribution is -2.08. The molecule has 2 rings (SSSR count). The molecule has 0 radical (unpaired) electrons. The van der Waals surface area contributed by atoms with E-state index in [1.54, 1.807) is 66.7 Å². The molecule has 112 valence electrons. The highest BCUT2D eigenvalue weighted by Gasteiger charge is 2.10. The molecular weight excluding hydrogens is 292 g/mol. The Labute approximate surface area is 133 Å². The van der Waals surface area contributed by atoms with Crippen molar-refractivity contribution < 1.29 is 14.6 Å². The summed E-state index contributed by atoms with van der Waals surface area (Å²) in [6, 6.07) is 18.3. The molecule has 0 amide bonds. The normalized spacial score (nSPS) is 11.9. The lowest BCUT2D eigenvalue weighted by molar-refractivity contribution is 0.0735. The van der Waals surface area contributed by atoms with Crippen LogP contribution in [0.1, 0.15) is 15.9 Å². The first-order valence-corrected chi connectivity index (χ1v) is 6.70. The summed E-state index contributed by atoms with van der Waals surface area (Å²) in [5.41, 5.74) is 0.997. The molecule has 1 unspecified atom stereocenters. The molecule has 5 nitrogen and oxygen atoms in total. The number of nitrogens with zero attached hydrogens (tertiary/aromatic N) is 2. The monoisotopic (exact) mass is 304 g/mol. The van der Waals surface area contributed by atoms with E-state index in [0.717, 1.165) is 0 Å². The summed E-state index contributed by atoms with van der Waals surface area (Å²) in [5, 5.41) is 26.9. The van der Waals surface area contributed by atoms with Gasteiger partial charge < -0.3 is 9.84 Å². The Morgan fingerprint density at radius 1 is 1.09 bits per heavy atom. The number of aliphatic hydroxyl groups excluding tert-OH is 1. The number of esters is 1. The van der Waals surface area contributed by atoms with Crippen molar-refractivity contribution in [3.63, 3.8) is 0 Å². The highest BCUT2D eigenvalue weighted by molar-refractivity contribution is 5.90. The first kappa shape index (κ1) is 16.0. The number of ether oxygens (including phenoxy) is 1. The van der Waals surface area contributed by atoms with Gasteiger partial charge in [-0.25, -0.2) is 4.79 Å². The standard InChI is InChI=1S/C18H12N2O3/c19-11-15(17(21)12-20)10-13-6-8-16(9-7-13)23-18(22)14-4-2-1-3-5-14/h1-10,17,21H. The van der Waals surface area contributed by atoms with Crippen LogP contribution < -0.4 is 4.74 Å². The fourth-order valence-electron chi connectivity index (χ4n) is 1.79. The average molecular weight is 304 g/mol. The zero-order chi connectivity index (χ0) is 16.7. The second-order valence-corrected chi connectivity index (χ2v) is 4.57. The lowest BCUT2D eigenvalue weighted by atomic mass is 10.1. The third kappa shape index (κ3) is 4.28. The maximum absolute atomic E-state index is 11.9. The summed E-state index contributed by atoms with van der Waals surface area (Å²) in [6.45, 7) is 0. The van der Waals surface area contributed by atoms with Gasteiger partial charge in [-0.3, -0.25) is 0 Å². The average Bonchev–Trinajstić information content (AvgIpc) is 2.61. The van der Waals surface area contributed by atoms with Crippen LogP contribution in [0, 0.1) is 22.7 Å². The number of nitriles is 2. The predicted octanol–water partition coefficient (Wildman–Crippen LogP) is 2.70. The summed E-state index contributed by atoms with van der Waals surface area (Å²) in [4.78, 5) is 11.9. The van der Waals surface area contributed by atoms with Crippen molar-refractivity contribution in [2.75, 3.05) is 0 Å². The quantitative estimate of drug-likeness (QED) is 0.405. The van der Waals surface area contributed by atoms with Crippen molar-refractivity contribution in [1.29, 1.82) is 10.5 Å². The Balaban J connectivity index is 2.11. The van der Waals surface area contributed by atoms with E-state index >= 15 is 0 Å². The number of carbonyl (C=O) groups excluding carboxylic acids is 1. The fourth-order valence-corrected chi connectivity index (χ4v) is 1.79. The number of benzene rings is 2. The van der Waals surface area contributed by atoms with Crippen molar-refractivity contribution in [2.45, 2.75) is 6.10 Å². The number of hydrogen-bond acceptors (Lipinski definition) is 5. The van der Waals surface area contributed by atoms with E-state index in [1.807, 2.05) is 0 Å². The lowest BCUT2D eigenvalue weighted by Gasteiger charge is -2.05. The molecular formula is C18H12N2O3. The second kappa shape index (κ2) is 7.56. The van der Waals surface area contributed by atoms with Crippen LogP contribution in [0.5, 0.6) is 5.75 Å². The van der Waals surface area contributed by atoms with Crippen LogP contribution in [0.15, 0.2) is 60.2 Å². The van der Waals surface area contributed by atoms with E-state index in [1.165, 1.54) is 6.08 Å². The minimum absolute atomic E-state index is 0.0541. The van der Waals surface area contributed by atoms with Gasteiger partial charge in [0.05, 0.1) is 23.3 Å². The fraction of sp³-hybridized carbons (Fsp3) is 0.0556. The third-order valence-corrected chi connectivity index (χ3v) is 2.97. The Bertz CT molecular complexity index is 797. The molecule has 0 aliphatic carbocycles. The van der Waals surface area contributed by atoms with Crippen LogP contribution in [0.4, 0.5) is 0 Å². The smallest absolute Gasteiger partial charge is 0.343 e. The van der Waals surface area contributed by atoms with E-state index in [-0.39, 0.29) is 5.57 Å². The molecule has 2 aromatic rings. The van der Waals surface area contributed by atoms with Gasteiger partial charge in [-0.1, -0.05) is 30.3 Å². The molecule has 0 spiro atoms. The van der Waals surface area contributed by atoms with Crippen molar-refractivity contribution in [3.8, 4) is 17.9 Å². The van der Waals surface area contributed by atoms with Crippen LogP contribution in [-0.2, 0) is 0 Å². The number of carbonyl (C=O) groups is 1. The van der Waals surface area contributed by atoms with Crippen LogP contribution in [0.25, 0.3) is 6.08 Å². The van der Waals surface area contributed by atoms with Crippen LogP contribution in [-0.4, -0.2) is 17.2 Å². The first-order chi connectivity index (χ1) is 11.1. The van der Waals surface area contributed by atoms with Gasteiger partial charge in [0, 0.05) is 0 Å². The van der Waals surface area contributed by atoms with E-state index in [2.05, 4.69) is 0 Å². The molecule has 0 aliphatic heterocycles. The zero-order valence-corrected chi connectivity index (χ0v) is 12.0. The molecule has 0 aromatic heterocycles. The van der Waals surface area contributed by atoms with Gasteiger partial charge in [-0.05, 0) is 35.9 Å². The first-order valence-electron chi connectivity index (χ1n) is 6.70. The van der Waals surface area contributed by atoms with Gasteiger partial charge in [0.15, 0.2) is 6.10 Å². The van der Waals surface area contributed by atoms with Crippen molar-refractivity contribution in [3.05, 3.63) is 71.3 Å². The predicted molar refractivity (Wildman–Crippen MR) is 83.1 cm³/mol. The molecule has 23 heavy (non-hydrogen) atoms. The van der Waals surface area contributed by atoms with Crippen LogP contribution in [0.2, 0.25) is 0 Å². The number of aliphatic hydroxyl groups is 1. The largest absolute Gasteiger partial charge is 0.423 e. The molecule has 5 heteroatoms. The van der Waals surface area contributed by atoms with Gasteiger partial charge in [-0.15, -0.1) is 0 Å². The highest BCUT2D eigenvalue weighted by atomic mass is 16.5. The topological polar surface area (TPSA) is 94.1 Å². The Morgan fingerprint density at radius 3 is 2.30 bits per heavy atom. The maximum Gasteiger partial charge on any atom is 0.343 e. The molecule has 0 heterocycles. The van der Waals surface area contributed by atoms with Gasteiger partial charge >= 0.3 is 5.97 Å². The minimum atomic E-state index is -1.46. The molecule has 0 saturated carbocycles. The van der Waals surface area contributed by atoms with Crippen molar-refractivity contribution in [1.82, 2.24) is 0 Å². The molecule has 0 aliphatic rings. The van der Waals surface area contributed by atoms with E-state index in [4.69, 9.17) is 15.3 Å². The third-order valence-electron chi connectivity index (χ3n) is 2.97. The Kier molecular flexibility index (Phi) is 5.25. The molecule has 1 atom stereocenters. The molecule has 0 fully saturated rings. The molecule has 0 bridgehead atoms. The van der Waals surface area contributed by atoms with E-state index in [9.17, 15) is 9.90 Å². The van der Waals surface area contributed by atoms with Gasteiger partial charge in [-0.2, -0.15) is 10.5 Å². The Hall–Kier alpha value is -3.41. The van der Waals surface area contributed by atoms with Gasteiger partial charge in [0.1, 0.15) is 5.75 Å². The summed E-state index contributed by atoms with van der Waals surface area (Å²) in [7, 11) is 0. The Morgan fingerprint density at radius 2 is 1.74 bits per heavy atom. The highest BCUT2D eigenvalue weighted by Crippen LogP contribution is 2.17. The molecule has 0 saturated heterocycles. The van der Waals surface area contributed by atoms with E-state index < -0.39 is 12.1 Å². The molecule has 1 N–H and O–H groups in total. The summed E-state index contributed by atoms with van der Waals surface area (Å²) >= 11 is 0. The summed E-state index contributed by atoms with van der Waals surface area (Å²) in [5.74, 6) is -0.109. The van der Waals surface area contributed by atoms with Gasteiger partial charge in [0.2, 0.25) is 0 Å². The van der Waals surface area contributed by atoms with Crippen molar-refractivity contribution >= 4 is 12.0 Å². The second-order valence-electron chi connectivity index (χ2n) is 4.57. The SMILES string of the molecule is N#CC(=Cc1ccc(OC(=O)c2ccccc2)cc1)C(O)C#N. The van der Waals surface area contributed by atoms with Crippen LogP contribution in [0.3, 0.4) is 0 Å². The van der Waals surface area contributed by atoms with Gasteiger partial charge in [0.25, 0.3) is 0 Å². The van der Waals surface area contributed by atoms with Crippen LogP contribution >= 0.6 is 0 Å². The number of rotatable bonds is 4. The summed E-state index contributed by atoms with van der Waals surface area (Å²) in [6.07, 6.45) is -0.0629. The summed E-state index contributed by atoms with van der Waals surface area (Å²) < 4.78 is 5.23.